The van der Waals surface area contributed by atoms with Crippen molar-refractivity contribution in [3.8, 4) is 0 Å². The van der Waals surface area contributed by atoms with E-state index in [2.05, 4.69) is 32.4 Å². The molecule has 0 saturated carbocycles. The Morgan fingerprint density at radius 2 is 2.06 bits per heavy atom. The second kappa shape index (κ2) is 9.15. The molecule has 0 aliphatic heterocycles. The lowest BCUT2D eigenvalue weighted by atomic mass is 9.76. The van der Waals surface area contributed by atoms with E-state index >= 15 is 0 Å². The van der Waals surface area contributed by atoms with Crippen molar-refractivity contribution < 1.29 is 17.6 Å². The van der Waals surface area contributed by atoms with Crippen molar-refractivity contribution in [3.63, 3.8) is 0 Å². The van der Waals surface area contributed by atoms with Crippen LogP contribution in [0, 0.1) is 11.7 Å². The maximum absolute atomic E-state index is 14.5. The Bertz CT molecular complexity index is 1160. The summed E-state index contributed by atoms with van der Waals surface area (Å²) in [5.74, 6) is -1.66. The second-order valence-electron chi connectivity index (χ2n) is 7.51. The zero-order valence-electron chi connectivity index (χ0n) is 17.1. The van der Waals surface area contributed by atoms with Crippen molar-refractivity contribution in [1.82, 2.24) is 14.9 Å². The predicted octanol–water partition coefficient (Wildman–Crippen LogP) is 4.29. The number of nitrogens with one attached hydrogen (secondary N) is 2. The van der Waals surface area contributed by atoms with Gasteiger partial charge in [0.2, 0.25) is 15.2 Å². The standard InChI is InChI=1S/C20H22ClFN4O3S2/c1-4-23-31(28,29)13-10-14(16(22)15(21)11-13)17(27)24-19-26-25-18(30-19)20(2,3)12-8-6-5-7-9-12/h5-8,10-12,23H,4,9H2,1-3H3,(H,24,26,27). The van der Waals surface area contributed by atoms with Gasteiger partial charge in [-0.2, -0.15) is 0 Å². The molecule has 11 heteroatoms. The summed E-state index contributed by atoms with van der Waals surface area (Å²) in [6.07, 6.45) is 9.02. The molecule has 3 rings (SSSR count). The van der Waals surface area contributed by atoms with Crippen LogP contribution >= 0.6 is 22.9 Å². The van der Waals surface area contributed by atoms with Crippen molar-refractivity contribution in [1.29, 1.82) is 0 Å². The molecule has 0 spiro atoms. The number of nitrogens with zero attached hydrogens (tertiary/aromatic N) is 2. The monoisotopic (exact) mass is 484 g/mol. The van der Waals surface area contributed by atoms with Gasteiger partial charge in [-0.15, -0.1) is 10.2 Å². The van der Waals surface area contributed by atoms with E-state index in [-0.39, 0.29) is 27.9 Å². The molecule has 1 aliphatic rings. The van der Waals surface area contributed by atoms with Crippen molar-refractivity contribution in [3.05, 3.63) is 57.8 Å². The summed E-state index contributed by atoms with van der Waals surface area (Å²) in [4.78, 5) is 12.4. The minimum atomic E-state index is -3.92. The minimum Gasteiger partial charge on any atom is -0.296 e. The number of halogens is 2. The van der Waals surface area contributed by atoms with E-state index in [1.807, 2.05) is 26.0 Å². The lowest BCUT2D eigenvalue weighted by Gasteiger charge is -2.30. The third-order valence-corrected chi connectivity index (χ3v) is 7.97. The number of hydrogen-bond donors (Lipinski definition) is 2. The highest BCUT2D eigenvalue weighted by Gasteiger charge is 2.33. The van der Waals surface area contributed by atoms with Crippen molar-refractivity contribution >= 4 is 44.0 Å². The summed E-state index contributed by atoms with van der Waals surface area (Å²) in [5.41, 5.74) is -0.823. The molecule has 0 saturated heterocycles. The number of aromatic nitrogens is 2. The van der Waals surface area contributed by atoms with Crippen LogP contribution in [0.1, 0.15) is 42.6 Å². The number of benzene rings is 1. The van der Waals surface area contributed by atoms with Crippen molar-refractivity contribution in [2.45, 2.75) is 37.5 Å². The Morgan fingerprint density at radius 1 is 1.32 bits per heavy atom. The molecule has 2 aromatic rings. The molecule has 2 N–H and O–H groups in total. The van der Waals surface area contributed by atoms with Gasteiger partial charge < -0.3 is 0 Å². The number of carbonyl (C=O) groups is 1. The molecule has 31 heavy (non-hydrogen) atoms. The number of carbonyl (C=O) groups excluding carboxylic acids is 1. The highest BCUT2D eigenvalue weighted by atomic mass is 35.5. The lowest BCUT2D eigenvalue weighted by Crippen LogP contribution is -2.27. The fourth-order valence-corrected chi connectivity index (χ4v) is 5.41. The SMILES string of the molecule is CCNS(=O)(=O)c1cc(Cl)c(F)c(C(=O)Nc2nnc(C(C)(C)C3C=CC=CC3)s2)c1. The van der Waals surface area contributed by atoms with E-state index in [0.29, 0.717) is 0 Å². The van der Waals surface area contributed by atoms with Crippen molar-refractivity contribution in [2.75, 3.05) is 11.9 Å². The fourth-order valence-electron chi connectivity index (χ4n) is 3.13. The van der Waals surface area contributed by atoms with Crippen LogP contribution in [0.3, 0.4) is 0 Å². The Morgan fingerprint density at radius 3 is 2.71 bits per heavy atom. The van der Waals surface area contributed by atoms with Gasteiger partial charge in [-0.05, 0) is 24.5 Å². The molecular weight excluding hydrogens is 463 g/mol. The van der Waals surface area contributed by atoms with Gasteiger partial charge >= 0.3 is 0 Å². The smallest absolute Gasteiger partial charge is 0.260 e. The molecule has 166 valence electrons. The Kier molecular flexibility index (Phi) is 6.95. The van der Waals surface area contributed by atoms with Crippen LogP contribution in [0.25, 0.3) is 0 Å². The van der Waals surface area contributed by atoms with E-state index < -0.39 is 32.3 Å². The Labute approximate surface area is 189 Å². The molecule has 1 aliphatic carbocycles. The molecule has 0 radical (unpaired) electrons. The number of allylic oxidation sites excluding steroid dienone is 4. The number of amides is 1. The maximum Gasteiger partial charge on any atom is 0.260 e. The molecule has 7 nitrogen and oxygen atoms in total. The molecule has 1 atom stereocenters. The van der Waals surface area contributed by atoms with E-state index in [0.717, 1.165) is 23.6 Å². The average molecular weight is 485 g/mol. The van der Waals surface area contributed by atoms with Gasteiger partial charge in [-0.25, -0.2) is 17.5 Å². The van der Waals surface area contributed by atoms with E-state index in [1.54, 1.807) is 6.92 Å². The normalized spacial score (nSPS) is 16.5. The van der Waals surface area contributed by atoms with Gasteiger partial charge in [0.15, 0.2) is 5.82 Å². The molecule has 1 unspecified atom stereocenters. The molecule has 1 aromatic heterocycles. The van der Waals surface area contributed by atoms with Crippen LogP contribution in [0.4, 0.5) is 9.52 Å². The van der Waals surface area contributed by atoms with Crippen LogP contribution < -0.4 is 10.0 Å². The van der Waals surface area contributed by atoms with E-state index in [4.69, 9.17) is 11.6 Å². The predicted molar refractivity (Wildman–Crippen MR) is 120 cm³/mol. The zero-order valence-corrected chi connectivity index (χ0v) is 19.5. The summed E-state index contributed by atoms with van der Waals surface area (Å²) in [6, 6.07) is 1.91. The van der Waals surface area contributed by atoms with Gasteiger partial charge in [0.1, 0.15) is 5.01 Å². The van der Waals surface area contributed by atoms with Gasteiger partial charge in [-0.1, -0.05) is 68.0 Å². The summed E-state index contributed by atoms with van der Waals surface area (Å²) in [5, 5.41) is 11.1. The van der Waals surface area contributed by atoms with Gasteiger partial charge in [0, 0.05) is 12.0 Å². The number of sulfonamides is 1. The third-order valence-electron chi connectivity index (χ3n) is 5.00. The summed E-state index contributed by atoms with van der Waals surface area (Å²) in [6.45, 7) is 5.82. The lowest BCUT2D eigenvalue weighted by molar-refractivity contribution is 0.102. The second-order valence-corrected chi connectivity index (χ2v) is 10.7. The molecule has 0 bridgehead atoms. The third kappa shape index (κ3) is 5.03. The van der Waals surface area contributed by atoms with Gasteiger partial charge in [0.05, 0.1) is 15.5 Å². The quantitative estimate of drug-likeness (QED) is 0.610. The Hall–Kier alpha value is -2.14. The zero-order chi connectivity index (χ0) is 22.8. The molecule has 1 aromatic carbocycles. The molecular formula is C20H22ClFN4O3S2. The fraction of sp³-hybridized carbons (Fsp3) is 0.350. The molecule has 1 amide bonds. The van der Waals surface area contributed by atoms with Crippen LogP contribution in [-0.2, 0) is 15.4 Å². The summed E-state index contributed by atoms with van der Waals surface area (Å²) < 4.78 is 41.2. The first kappa shape index (κ1) is 23.5. The number of rotatable bonds is 7. The van der Waals surface area contributed by atoms with Crippen LogP contribution in [0.15, 0.2) is 41.3 Å². The number of anilines is 1. The summed E-state index contributed by atoms with van der Waals surface area (Å²) >= 11 is 7.02. The number of hydrogen-bond acceptors (Lipinski definition) is 6. The van der Waals surface area contributed by atoms with Crippen LogP contribution in [0.5, 0.6) is 0 Å². The highest BCUT2D eigenvalue weighted by molar-refractivity contribution is 7.89. The topological polar surface area (TPSA) is 101 Å². The van der Waals surface area contributed by atoms with Gasteiger partial charge in [-0.3, -0.25) is 10.1 Å². The highest BCUT2D eigenvalue weighted by Crippen LogP contribution is 2.38. The minimum absolute atomic E-state index is 0.133. The Balaban J connectivity index is 1.85. The first-order valence-electron chi connectivity index (χ1n) is 9.53. The van der Waals surface area contributed by atoms with Crippen molar-refractivity contribution in [2.24, 2.45) is 5.92 Å². The first-order valence-corrected chi connectivity index (χ1v) is 12.2. The molecule has 1 heterocycles. The largest absolute Gasteiger partial charge is 0.296 e. The van der Waals surface area contributed by atoms with Gasteiger partial charge in [0.25, 0.3) is 5.91 Å². The van der Waals surface area contributed by atoms with E-state index in [1.165, 1.54) is 11.3 Å². The van der Waals surface area contributed by atoms with Crippen LogP contribution in [0.2, 0.25) is 5.02 Å². The van der Waals surface area contributed by atoms with Crippen LogP contribution in [-0.4, -0.2) is 31.1 Å². The van der Waals surface area contributed by atoms with E-state index in [9.17, 15) is 17.6 Å². The average Bonchev–Trinajstić information content (AvgIpc) is 3.19. The first-order chi connectivity index (χ1) is 14.6. The maximum atomic E-state index is 14.5. The summed E-state index contributed by atoms with van der Waals surface area (Å²) in [7, 11) is -3.92. The molecule has 0 fully saturated rings.